The molecular formula is C11H15N3O. The fourth-order valence-corrected chi connectivity index (χ4v) is 1.44. The summed E-state index contributed by atoms with van der Waals surface area (Å²) in [6, 6.07) is 3.57. The van der Waals surface area contributed by atoms with Gasteiger partial charge in [0, 0.05) is 12.6 Å². The first kappa shape index (κ1) is 9.96. The lowest BCUT2D eigenvalue weighted by Gasteiger charge is -2.05. The van der Waals surface area contributed by atoms with E-state index in [9.17, 15) is 4.79 Å². The Morgan fingerprint density at radius 1 is 1.60 bits per heavy atom. The van der Waals surface area contributed by atoms with Gasteiger partial charge in [-0.05, 0) is 30.9 Å². The van der Waals surface area contributed by atoms with Crippen LogP contribution in [-0.4, -0.2) is 10.9 Å². The molecule has 1 aromatic rings. The highest BCUT2D eigenvalue weighted by Gasteiger charge is 2.24. The van der Waals surface area contributed by atoms with Crippen LogP contribution in [-0.2, 0) is 11.3 Å². The Hall–Kier alpha value is -1.58. The van der Waals surface area contributed by atoms with Gasteiger partial charge in [-0.25, -0.2) is 0 Å². The zero-order chi connectivity index (χ0) is 10.7. The minimum absolute atomic E-state index is 0.0996. The number of amides is 1. The molecule has 1 fully saturated rings. The molecule has 80 valence electrons. The highest BCUT2D eigenvalue weighted by molar-refractivity contribution is 5.76. The predicted molar refractivity (Wildman–Crippen MR) is 57.8 cm³/mol. The smallest absolute Gasteiger partial charge is 0.220 e. The summed E-state index contributed by atoms with van der Waals surface area (Å²) in [7, 11) is 0. The highest BCUT2D eigenvalue weighted by Crippen LogP contribution is 2.32. The third-order valence-electron chi connectivity index (χ3n) is 2.55. The van der Waals surface area contributed by atoms with Crippen molar-refractivity contribution in [1.29, 1.82) is 0 Å². The summed E-state index contributed by atoms with van der Waals surface area (Å²) in [4.78, 5) is 15.5. The van der Waals surface area contributed by atoms with Gasteiger partial charge in [-0.15, -0.1) is 0 Å². The second-order valence-corrected chi connectivity index (χ2v) is 3.96. The summed E-state index contributed by atoms with van der Waals surface area (Å²) in [6.07, 6.45) is 4.71. The first-order valence-electron chi connectivity index (χ1n) is 5.22. The van der Waals surface area contributed by atoms with Crippen LogP contribution < -0.4 is 11.1 Å². The lowest BCUT2D eigenvalue weighted by Crippen LogP contribution is -2.23. The molecule has 0 aromatic carbocycles. The van der Waals surface area contributed by atoms with Gasteiger partial charge in [0.1, 0.15) is 0 Å². The van der Waals surface area contributed by atoms with Gasteiger partial charge in [0.2, 0.25) is 5.91 Å². The van der Waals surface area contributed by atoms with Crippen molar-refractivity contribution in [1.82, 2.24) is 10.3 Å². The predicted octanol–water partition coefficient (Wildman–Crippen LogP) is 1.08. The summed E-state index contributed by atoms with van der Waals surface area (Å²) < 4.78 is 0. The fourth-order valence-electron chi connectivity index (χ4n) is 1.44. The van der Waals surface area contributed by atoms with E-state index in [-0.39, 0.29) is 5.91 Å². The van der Waals surface area contributed by atoms with E-state index in [1.165, 1.54) is 12.8 Å². The van der Waals surface area contributed by atoms with Crippen molar-refractivity contribution in [3.63, 3.8) is 0 Å². The molecule has 2 rings (SSSR count). The van der Waals surface area contributed by atoms with E-state index < -0.39 is 0 Å². The summed E-state index contributed by atoms with van der Waals surface area (Å²) >= 11 is 0. The number of hydrogen-bond donors (Lipinski definition) is 2. The average Bonchev–Trinajstić information content (AvgIpc) is 3.00. The monoisotopic (exact) mass is 205 g/mol. The Morgan fingerprint density at radius 3 is 3.07 bits per heavy atom. The number of anilines is 1. The SMILES string of the molecule is Nc1cccnc1CNC(=O)CC1CC1. The third kappa shape index (κ3) is 2.94. The Labute approximate surface area is 88.9 Å². The first-order valence-corrected chi connectivity index (χ1v) is 5.22. The molecule has 1 heterocycles. The van der Waals surface area contributed by atoms with Crippen LogP contribution in [0.5, 0.6) is 0 Å². The number of nitrogen functional groups attached to an aromatic ring is 1. The van der Waals surface area contributed by atoms with E-state index in [1.807, 2.05) is 0 Å². The van der Waals surface area contributed by atoms with Crippen molar-refractivity contribution in [3.8, 4) is 0 Å². The molecule has 15 heavy (non-hydrogen) atoms. The Bertz CT molecular complexity index is 361. The molecule has 1 aromatic heterocycles. The highest BCUT2D eigenvalue weighted by atomic mass is 16.1. The zero-order valence-corrected chi connectivity index (χ0v) is 8.57. The van der Waals surface area contributed by atoms with E-state index in [4.69, 9.17) is 5.73 Å². The van der Waals surface area contributed by atoms with Crippen LogP contribution in [0.1, 0.15) is 25.0 Å². The molecule has 0 aliphatic heterocycles. The van der Waals surface area contributed by atoms with Crippen LogP contribution in [0.15, 0.2) is 18.3 Å². The molecule has 1 saturated carbocycles. The molecule has 0 radical (unpaired) electrons. The van der Waals surface area contributed by atoms with Crippen molar-refractivity contribution < 1.29 is 4.79 Å². The third-order valence-corrected chi connectivity index (χ3v) is 2.55. The minimum atomic E-state index is 0.0996. The summed E-state index contributed by atoms with van der Waals surface area (Å²) in [5.41, 5.74) is 7.07. The molecular weight excluding hydrogens is 190 g/mol. The maximum absolute atomic E-state index is 11.4. The number of rotatable bonds is 4. The minimum Gasteiger partial charge on any atom is -0.397 e. The number of pyridine rings is 1. The van der Waals surface area contributed by atoms with Crippen LogP contribution in [0.4, 0.5) is 5.69 Å². The van der Waals surface area contributed by atoms with E-state index in [0.29, 0.717) is 24.6 Å². The van der Waals surface area contributed by atoms with Crippen LogP contribution in [0, 0.1) is 5.92 Å². The van der Waals surface area contributed by atoms with E-state index in [0.717, 1.165) is 5.69 Å². The molecule has 0 saturated heterocycles. The largest absolute Gasteiger partial charge is 0.397 e. The van der Waals surface area contributed by atoms with Gasteiger partial charge in [0.05, 0.1) is 17.9 Å². The Balaban J connectivity index is 1.81. The summed E-state index contributed by atoms with van der Waals surface area (Å²) in [6.45, 7) is 0.429. The summed E-state index contributed by atoms with van der Waals surface area (Å²) in [5, 5.41) is 2.83. The molecule has 0 bridgehead atoms. The maximum Gasteiger partial charge on any atom is 0.220 e. The Kier molecular flexibility index (Phi) is 2.85. The van der Waals surface area contributed by atoms with Gasteiger partial charge >= 0.3 is 0 Å². The molecule has 1 aliphatic rings. The van der Waals surface area contributed by atoms with Gasteiger partial charge in [-0.2, -0.15) is 0 Å². The van der Waals surface area contributed by atoms with Crippen LogP contribution in [0.3, 0.4) is 0 Å². The van der Waals surface area contributed by atoms with Gasteiger partial charge in [-0.1, -0.05) is 0 Å². The molecule has 0 spiro atoms. The Morgan fingerprint density at radius 2 is 2.40 bits per heavy atom. The molecule has 4 heteroatoms. The number of nitrogens with two attached hydrogens (primary N) is 1. The quantitative estimate of drug-likeness (QED) is 0.772. The van der Waals surface area contributed by atoms with Gasteiger partial charge in [0.15, 0.2) is 0 Å². The van der Waals surface area contributed by atoms with Crippen molar-refractivity contribution in [2.75, 3.05) is 5.73 Å². The lowest BCUT2D eigenvalue weighted by atomic mass is 10.2. The second kappa shape index (κ2) is 4.29. The number of hydrogen-bond acceptors (Lipinski definition) is 3. The summed E-state index contributed by atoms with van der Waals surface area (Å²) in [5.74, 6) is 0.716. The lowest BCUT2D eigenvalue weighted by molar-refractivity contribution is -0.121. The maximum atomic E-state index is 11.4. The number of aromatic nitrogens is 1. The van der Waals surface area contributed by atoms with Gasteiger partial charge in [-0.3, -0.25) is 9.78 Å². The number of nitrogens with one attached hydrogen (secondary N) is 1. The van der Waals surface area contributed by atoms with Crippen molar-refractivity contribution in [3.05, 3.63) is 24.0 Å². The molecule has 1 amide bonds. The van der Waals surface area contributed by atoms with E-state index in [2.05, 4.69) is 10.3 Å². The average molecular weight is 205 g/mol. The number of carbonyl (C=O) groups excluding carboxylic acids is 1. The van der Waals surface area contributed by atoms with Crippen LogP contribution in [0.25, 0.3) is 0 Å². The molecule has 0 unspecified atom stereocenters. The zero-order valence-electron chi connectivity index (χ0n) is 8.57. The molecule has 4 nitrogen and oxygen atoms in total. The number of carbonyl (C=O) groups is 1. The van der Waals surface area contributed by atoms with Crippen LogP contribution in [0.2, 0.25) is 0 Å². The van der Waals surface area contributed by atoms with Gasteiger partial charge in [0.25, 0.3) is 0 Å². The first-order chi connectivity index (χ1) is 7.25. The second-order valence-electron chi connectivity index (χ2n) is 3.96. The van der Waals surface area contributed by atoms with E-state index in [1.54, 1.807) is 18.3 Å². The topological polar surface area (TPSA) is 68.0 Å². The molecule has 3 N–H and O–H groups in total. The standard InChI is InChI=1S/C11H15N3O/c12-9-2-1-5-13-10(9)7-14-11(15)6-8-3-4-8/h1-2,5,8H,3-4,6-7,12H2,(H,14,15). The van der Waals surface area contributed by atoms with Crippen molar-refractivity contribution >= 4 is 11.6 Å². The molecule has 1 aliphatic carbocycles. The van der Waals surface area contributed by atoms with Crippen molar-refractivity contribution in [2.45, 2.75) is 25.8 Å². The van der Waals surface area contributed by atoms with Crippen molar-refractivity contribution in [2.24, 2.45) is 5.92 Å². The van der Waals surface area contributed by atoms with Gasteiger partial charge < -0.3 is 11.1 Å². The number of nitrogens with zero attached hydrogens (tertiary/aromatic N) is 1. The molecule has 0 atom stereocenters. The fraction of sp³-hybridized carbons (Fsp3) is 0.455. The normalized spacial score (nSPS) is 14.9. The van der Waals surface area contributed by atoms with E-state index >= 15 is 0 Å². The van der Waals surface area contributed by atoms with Crippen LogP contribution >= 0.6 is 0 Å².